The molecule has 7 rings (SSSR count). The first-order chi connectivity index (χ1) is 23.0. The number of rotatable bonds is 6. The van der Waals surface area contributed by atoms with Crippen LogP contribution in [0.2, 0.25) is 0 Å². The molecule has 10 nitrogen and oxygen atoms in total. The van der Waals surface area contributed by atoms with Gasteiger partial charge in [-0.3, -0.25) is 14.4 Å². The number of Topliss-reactive ketones (excluding diaryl/α,β-unsaturated/α-hetero) is 3. The highest BCUT2D eigenvalue weighted by molar-refractivity contribution is 6.23. The number of hydrogen-bond donors (Lipinski definition) is 3. The van der Waals surface area contributed by atoms with Crippen LogP contribution in [0.15, 0.2) is 0 Å². The molecule has 3 saturated heterocycles. The van der Waals surface area contributed by atoms with E-state index in [1.54, 1.807) is 0 Å². The highest BCUT2D eigenvalue weighted by Crippen LogP contribution is 2.71. The lowest BCUT2D eigenvalue weighted by Gasteiger charge is -2.61. The fourth-order valence-corrected chi connectivity index (χ4v) is 13.2. The van der Waals surface area contributed by atoms with E-state index in [0.717, 1.165) is 65.9 Å². The van der Waals surface area contributed by atoms with Crippen molar-refractivity contribution in [2.45, 2.75) is 161 Å². The van der Waals surface area contributed by atoms with Gasteiger partial charge in [-0.2, -0.15) is 0 Å². The van der Waals surface area contributed by atoms with Crippen LogP contribution in [0.4, 0.5) is 0 Å². The largest absolute Gasteiger partial charge is 0.388 e. The third kappa shape index (κ3) is 5.15. The van der Waals surface area contributed by atoms with E-state index < -0.39 is 59.3 Å². The van der Waals surface area contributed by atoms with Crippen molar-refractivity contribution in [1.29, 1.82) is 0 Å². The Morgan fingerprint density at radius 3 is 2.08 bits per heavy atom. The summed E-state index contributed by atoms with van der Waals surface area (Å²) in [5.41, 5.74) is -1.88. The summed E-state index contributed by atoms with van der Waals surface area (Å²) < 4.78 is 25.8. The van der Waals surface area contributed by atoms with Crippen LogP contribution in [0.3, 0.4) is 0 Å². The molecule has 10 heteroatoms. The zero-order chi connectivity index (χ0) is 35.4. The zero-order valence-corrected chi connectivity index (χ0v) is 30.6. The maximum Gasteiger partial charge on any atom is 0.186 e. The molecule has 3 heterocycles. The molecule has 0 aromatic heterocycles. The summed E-state index contributed by atoms with van der Waals surface area (Å²) in [7, 11) is 0. The highest BCUT2D eigenvalue weighted by atomic mass is 16.7. The topological polar surface area (TPSA) is 149 Å². The van der Waals surface area contributed by atoms with Gasteiger partial charge in [-0.05, 0) is 125 Å². The average molecular weight is 689 g/mol. The molecular weight excluding hydrogens is 628 g/mol. The summed E-state index contributed by atoms with van der Waals surface area (Å²) in [6.07, 6.45) is 2.24. The van der Waals surface area contributed by atoms with E-state index in [1.165, 1.54) is 25.7 Å². The SMILES string of the molecule is CC(=O)C(C(C)=O)(C(C)=O)[C@@H]1O[C@H](O[C@H]2CC[C@@]3(C)[C@@H](CC[C@@H]4[C@@H]3CC[C@]3(C)[C@@H]5[C@H](C[C@@H]43)O[C@]3(CC[C@@H](C)CO3)[C@H]5C)C2)[C@@H](O)[C@H](O)[C@@H]1O. The maximum absolute atomic E-state index is 12.8. The molecule has 4 saturated carbocycles. The molecule has 17 atom stereocenters. The van der Waals surface area contributed by atoms with Crippen molar-refractivity contribution >= 4 is 17.3 Å². The lowest BCUT2D eigenvalue weighted by atomic mass is 9.44. The van der Waals surface area contributed by atoms with Crippen molar-refractivity contribution in [3.8, 4) is 0 Å². The number of ketones is 3. The fourth-order valence-electron chi connectivity index (χ4n) is 13.2. The van der Waals surface area contributed by atoms with E-state index in [4.69, 9.17) is 18.9 Å². The molecule has 49 heavy (non-hydrogen) atoms. The number of fused-ring (bicyclic) bond motifs is 7. The van der Waals surface area contributed by atoms with E-state index in [-0.39, 0.29) is 23.0 Å². The second-order valence-corrected chi connectivity index (χ2v) is 18.1. The molecule has 4 aliphatic carbocycles. The zero-order valence-electron chi connectivity index (χ0n) is 30.6. The summed E-state index contributed by atoms with van der Waals surface area (Å²) in [4.78, 5) is 38.4. The van der Waals surface area contributed by atoms with Crippen molar-refractivity contribution in [2.75, 3.05) is 6.61 Å². The lowest BCUT2D eigenvalue weighted by molar-refractivity contribution is -0.321. The van der Waals surface area contributed by atoms with Crippen molar-refractivity contribution in [2.24, 2.45) is 57.7 Å². The molecule has 0 bridgehead atoms. The Morgan fingerprint density at radius 2 is 1.45 bits per heavy atom. The van der Waals surface area contributed by atoms with Crippen LogP contribution in [-0.4, -0.2) is 88.0 Å². The van der Waals surface area contributed by atoms with E-state index in [9.17, 15) is 29.7 Å². The van der Waals surface area contributed by atoms with Gasteiger partial charge in [-0.15, -0.1) is 0 Å². The lowest BCUT2D eigenvalue weighted by Crippen LogP contribution is -2.67. The van der Waals surface area contributed by atoms with Crippen LogP contribution in [-0.2, 0) is 33.3 Å². The standard InChI is InChI=1S/C39H60O10/c1-19-10-15-38(46-18-19)20(2)30-29(49-38)17-28-26-9-8-24-16-25(11-13-36(24,6)27(26)12-14-37(28,30)7)47-35-33(45)31(43)32(44)34(48-35)39(21(3)40,22(4)41)23(5)42/h19-20,24-35,43-45H,8-18H2,1-7H3/t19-,20+,24+,25+,26-,27+,28+,29+,30+,31-,32+,33+,34-,35+,36+,37+,38-/m1/s1. The minimum Gasteiger partial charge on any atom is -0.388 e. The predicted molar refractivity (Wildman–Crippen MR) is 178 cm³/mol. The number of ether oxygens (including phenoxy) is 4. The second-order valence-electron chi connectivity index (χ2n) is 18.1. The third-order valence-corrected chi connectivity index (χ3v) is 15.9. The van der Waals surface area contributed by atoms with Crippen LogP contribution < -0.4 is 0 Å². The molecule has 7 aliphatic rings. The number of aliphatic hydroxyl groups excluding tert-OH is 3. The van der Waals surface area contributed by atoms with Gasteiger partial charge in [0.2, 0.25) is 0 Å². The van der Waals surface area contributed by atoms with Gasteiger partial charge in [0, 0.05) is 12.3 Å². The number of carbonyl (C=O) groups is 3. The molecule has 0 aromatic rings. The van der Waals surface area contributed by atoms with E-state index in [2.05, 4.69) is 27.7 Å². The van der Waals surface area contributed by atoms with Gasteiger partial charge in [0.1, 0.15) is 24.4 Å². The van der Waals surface area contributed by atoms with Gasteiger partial charge in [0.05, 0.1) is 18.8 Å². The molecule has 0 radical (unpaired) electrons. The maximum atomic E-state index is 12.8. The van der Waals surface area contributed by atoms with Gasteiger partial charge in [-0.25, -0.2) is 0 Å². The van der Waals surface area contributed by atoms with Gasteiger partial charge in [0.15, 0.2) is 34.8 Å². The Morgan fingerprint density at radius 1 is 0.776 bits per heavy atom. The Labute approximate surface area is 291 Å². The van der Waals surface area contributed by atoms with Gasteiger partial charge >= 0.3 is 0 Å². The Balaban J connectivity index is 1.04. The number of aliphatic hydroxyl groups is 3. The minimum atomic E-state index is -2.30. The monoisotopic (exact) mass is 688 g/mol. The van der Waals surface area contributed by atoms with Gasteiger partial charge in [0.25, 0.3) is 0 Å². The first-order valence-electron chi connectivity index (χ1n) is 19.2. The quantitative estimate of drug-likeness (QED) is 0.271. The van der Waals surface area contributed by atoms with E-state index in [0.29, 0.717) is 41.4 Å². The summed E-state index contributed by atoms with van der Waals surface area (Å²) in [5, 5.41) is 32.6. The predicted octanol–water partition coefficient (Wildman–Crippen LogP) is 4.38. The highest BCUT2D eigenvalue weighted by Gasteiger charge is 2.69. The number of hydrogen-bond acceptors (Lipinski definition) is 10. The van der Waals surface area contributed by atoms with Gasteiger partial charge in [-0.1, -0.05) is 27.7 Å². The molecule has 276 valence electrons. The summed E-state index contributed by atoms with van der Waals surface area (Å²) in [5.74, 6) is 1.15. The molecule has 0 amide bonds. The Kier molecular flexibility index (Phi) is 9.15. The normalized spacial score (nSPS) is 52.5. The summed E-state index contributed by atoms with van der Waals surface area (Å²) in [6, 6.07) is 0. The van der Waals surface area contributed by atoms with Crippen LogP contribution in [0.25, 0.3) is 0 Å². The number of carbonyl (C=O) groups excluding carboxylic acids is 3. The molecule has 7 fully saturated rings. The molecule has 3 aliphatic heterocycles. The molecule has 0 aromatic carbocycles. The molecular formula is C39H60O10. The average Bonchev–Trinajstić information content (AvgIpc) is 3.49. The molecule has 0 unspecified atom stereocenters. The second kappa shape index (κ2) is 12.4. The first-order valence-corrected chi connectivity index (χ1v) is 19.2. The van der Waals surface area contributed by atoms with Crippen molar-refractivity contribution in [3.05, 3.63) is 0 Å². The molecule has 3 N–H and O–H groups in total. The van der Waals surface area contributed by atoms with Crippen molar-refractivity contribution in [1.82, 2.24) is 0 Å². The fraction of sp³-hybridized carbons (Fsp3) is 0.923. The van der Waals surface area contributed by atoms with Crippen LogP contribution in [0.1, 0.15) is 113 Å². The van der Waals surface area contributed by atoms with Crippen LogP contribution in [0, 0.1) is 57.7 Å². The first kappa shape index (κ1) is 36.1. The minimum absolute atomic E-state index is 0.162. The van der Waals surface area contributed by atoms with E-state index >= 15 is 0 Å². The van der Waals surface area contributed by atoms with Gasteiger partial charge < -0.3 is 34.3 Å². The van der Waals surface area contributed by atoms with Crippen molar-refractivity contribution < 1.29 is 48.7 Å². The summed E-state index contributed by atoms with van der Waals surface area (Å²) >= 11 is 0. The Bertz CT molecular complexity index is 1290. The Hall–Kier alpha value is -1.27. The third-order valence-electron chi connectivity index (χ3n) is 15.9. The summed E-state index contributed by atoms with van der Waals surface area (Å²) in [6.45, 7) is 13.8. The van der Waals surface area contributed by atoms with Crippen LogP contribution in [0.5, 0.6) is 0 Å². The molecule has 1 spiro atoms. The smallest absolute Gasteiger partial charge is 0.186 e. The van der Waals surface area contributed by atoms with E-state index in [1.807, 2.05) is 0 Å². The van der Waals surface area contributed by atoms with Crippen molar-refractivity contribution in [3.63, 3.8) is 0 Å². The van der Waals surface area contributed by atoms with Crippen LogP contribution >= 0.6 is 0 Å².